The summed E-state index contributed by atoms with van der Waals surface area (Å²) in [6.45, 7) is 8.93. The van der Waals surface area contributed by atoms with Crippen molar-refractivity contribution in [2.45, 2.75) is 46.1 Å². The maximum Gasteiger partial charge on any atom is 0.191 e. The van der Waals surface area contributed by atoms with E-state index in [1.54, 1.807) is 0 Å². The minimum atomic E-state index is 0.220. The van der Waals surface area contributed by atoms with E-state index in [1.165, 1.54) is 18.4 Å². The molecule has 1 saturated carbocycles. The zero-order valence-corrected chi connectivity index (χ0v) is 14.1. The lowest BCUT2D eigenvalue weighted by Gasteiger charge is -2.12. The van der Waals surface area contributed by atoms with Crippen molar-refractivity contribution >= 4 is 5.96 Å². The molecule has 0 saturated heterocycles. The van der Waals surface area contributed by atoms with Crippen LogP contribution < -0.4 is 15.4 Å². The van der Waals surface area contributed by atoms with Crippen LogP contribution in [-0.2, 0) is 6.42 Å². The van der Waals surface area contributed by atoms with E-state index in [-0.39, 0.29) is 6.10 Å². The Kier molecular flexibility index (Phi) is 6.56. The first-order chi connectivity index (χ1) is 10.7. The van der Waals surface area contributed by atoms with Crippen LogP contribution in [0.15, 0.2) is 29.3 Å². The molecule has 4 nitrogen and oxygen atoms in total. The first-order valence-electron chi connectivity index (χ1n) is 8.45. The number of guanidine groups is 1. The molecule has 0 spiro atoms. The lowest BCUT2D eigenvalue weighted by atomic mass is 10.1. The molecule has 2 N–H and O–H groups in total. The quantitative estimate of drug-likeness (QED) is 0.573. The highest BCUT2D eigenvalue weighted by Crippen LogP contribution is 2.28. The van der Waals surface area contributed by atoms with Gasteiger partial charge in [-0.25, -0.2) is 0 Å². The molecule has 1 aliphatic carbocycles. The summed E-state index contributed by atoms with van der Waals surface area (Å²) in [4.78, 5) is 4.63. The molecule has 2 rings (SSSR count). The third kappa shape index (κ3) is 6.37. The van der Waals surface area contributed by atoms with Crippen LogP contribution in [0, 0.1) is 5.92 Å². The summed E-state index contributed by atoms with van der Waals surface area (Å²) in [6.07, 6.45) is 3.88. The number of nitrogens with one attached hydrogen (secondary N) is 2. The number of aliphatic imine (C=N–C) groups is 1. The van der Waals surface area contributed by atoms with Crippen LogP contribution in [0.5, 0.6) is 5.75 Å². The zero-order valence-electron chi connectivity index (χ0n) is 14.1. The van der Waals surface area contributed by atoms with Gasteiger partial charge in [0.05, 0.1) is 6.10 Å². The number of ether oxygens (including phenoxy) is 1. The first kappa shape index (κ1) is 16.7. The third-order valence-electron chi connectivity index (χ3n) is 3.55. The maximum absolute atomic E-state index is 5.66. The summed E-state index contributed by atoms with van der Waals surface area (Å²) in [5, 5.41) is 6.71. The van der Waals surface area contributed by atoms with E-state index >= 15 is 0 Å². The van der Waals surface area contributed by atoms with Crippen molar-refractivity contribution in [3.63, 3.8) is 0 Å². The Morgan fingerprint density at radius 2 is 1.95 bits per heavy atom. The summed E-state index contributed by atoms with van der Waals surface area (Å²) in [5.41, 5.74) is 1.31. The van der Waals surface area contributed by atoms with Crippen LogP contribution in [0.1, 0.15) is 39.2 Å². The molecule has 0 aliphatic heterocycles. The van der Waals surface area contributed by atoms with Gasteiger partial charge in [-0.15, -0.1) is 0 Å². The van der Waals surface area contributed by atoms with E-state index in [2.05, 4.69) is 34.7 Å². The molecule has 0 heterocycles. The molecule has 1 aromatic carbocycles. The average molecular weight is 303 g/mol. The van der Waals surface area contributed by atoms with E-state index in [0.29, 0.717) is 0 Å². The molecule has 1 aliphatic rings. The first-order valence-corrected chi connectivity index (χ1v) is 8.45. The Bertz CT molecular complexity index is 464. The molecule has 0 atom stereocenters. The van der Waals surface area contributed by atoms with Gasteiger partial charge in [0.25, 0.3) is 0 Å². The number of hydrogen-bond donors (Lipinski definition) is 2. The van der Waals surface area contributed by atoms with Gasteiger partial charge in [-0.2, -0.15) is 0 Å². The van der Waals surface area contributed by atoms with Gasteiger partial charge in [-0.1, -0.05) is 12.1 Å². The van der Waals surface area contributed by atoms with E-state index < -0.39 is 0 Å². The Morgan fingerprint density at radius 1 is 1.23 bits per heavy atom. The summed E-state index contributed by atoms with van der Waals surface area (Å²) in [5.74, 6) is 2.70. The van der Waals surface area contributed by atoms with Crippen LogP contribution in [-0.4, -0.2) is 31.7 Å². The van der Waals surface area contributed by atoms with Gasteiger partial charge in [0.2, 0.25) is 0 Å². The zero-order chi connectivity index (χ0) is 15.8. The van der Waals surface area contributed by atoms with Crippen molar-refractivity contribution in [2.24, 2.45) is 10.9 Å². The second kappa shape index (κ2) is 8.66. The fourth-order valence-corrected chi connectivity index (χ4v) is 2.19. The molecule has 0 aromatic heterocycles. The Morgan fingerprint density at radius 3 is 2.55 bits per heavy atom. The number of rotatable bonds is 8. The predicted molar refractivity (Wildman–Crippen MR) is 92.6 cm³/mol. The van der Waals surface area contributed by atoms with Crippen LogP contribution in [0.4, 0.5) is 0 Å². The molecule has 0 amide bonds. The largest absolute Gasteiger partial charge is 0.491 e. The summed E-state index contributed by atoms with van der Waals surface area (Å²) in [7, 11) is 0. The van der Waals surface area contributed by atoms with E-state index in [0.717, 1.165) is 43.7 Å². The average Bonchev–Trinajstić information content (AvgIpc) is 3.30. The molecule has 1 aromatic rings. The van der Waals surface area contributed by atoms with Gasteiger partial charge in [0.15, 0.2) is 5.96 Å². The van der Waals surface area contributed by atoms with Crippen molar-refractivity contribution in [3.8, 4) is 5.75 Å². The Balaban J connectivity index is 1.74. The molecule has 122 valence electrons. The van der Waals surface area contributed by atoms with Crippen LogP contribution >= 0.6 is 0 Å². The van der Waals surface area contributed by atoms with Gasteiger partial charge in [0, 0.05) is 19.6 Å². The standard InChI is InChI=1S/C18H29N3O/c1-4-19-18(21-13-16-5-6-16)20-12-11-15-7-9-17(10-8-15)22-14(2)3/h7-10,14,16H,4-6,11-13H2,1-3H3,(H2,19,20,21). The van der Waals surface area contributed by atoms with Crippen molar-refractivity contribution in [3.05, 3.63) is 29.8 Å². The van der Waals surface area contributed by atoms with E-state index in [4.69, 9.17) is 4.74 Å². The van der Waals surface area contributed by atoms with E-state index in [1.807, 2.05) is 26.0 Å². The number of benzene rings is 1. The maximum atomic E-state index is 5.66. The van der Waals surface area contributed by atoms with Gasteiger partial charge in [0.1, 0.15) is 5.75 Å². The lowest BCUT2D eigenvalue weighted by molar-refractivity contribution is 0.242. The minimum absolute atomic E-state index is 0.220. The lowest BCUT2D eigenvalue weighted by Crippen LogP contribution is -2.38. The SMILES string of the molecule is CCNC(=NCC1CC1)NCCc1ccc(OC(C)C)cc1. The van der Waals surface area contributed by atoms with Crippen molar-refractivity contribution in [1.82, 2.24) is 10.6 Å². The summed E-state index contributed by atoms with van der Waals surface area (Å²) in [6, 6.07) is 8.35. The normalized spacial score (nSPS) is 15.0. The second-order valence-electron chi connectivity index (χ2n) is 6.15. The number of nitrogens with zero attached hydrogens (tertiary/aromatic N) is 1. The fourth-order valence-electron chi connectivity index (χ4n) is 2.19. The summed E-state index contributed by atoms with van der Waals surface area (Å²) < 4.78 is 5.66. The van der Waals surface area contributed by atoms with Gasteiger partial charge in [-0.3, -0.25) is 4.99 Å². The van der Waals surface area contributed by atoms with E-state index in [9.17, 15) is 0 Å². The van der Waals surface area contributed by atoms with Crippen molar-refractivity contribution < 1.29 is 4.74 Å². The van der Waals surface area contributed by atoms with Crippen molar-refractivity contribution in [1.29, 1.82) is 0 Å². The predicted octanol–water partition coefficient (Wildman–Crippen LogP) is 2.98. The van der Waals surface area contributed by atoms with Crippen LogP contribution in [0.25, 0.3) is 0 Å². The highest BCUT2D eigenvalue weighted by molar-refractivity contribution is 5.79. The van der Waals surface area contributed by atoms with Crippen LogP contribution in [0.2, 0.25) is 0 Å². The molecule has 0 radical (unpaired) electrons. The highest BCUT2D eigenvalue weighted by Gasteiger charge is 2.20. The molecule has 4 heteroatoms. The molecular weight excluding hydrogens is 274 g/mol. The second-order valence-corrected chi connectivity index (χ2v) is 6.15. The molecular formula is C18H29N3O. The van der Waals surface area contributed by atoms with Gasteiger partial charge in [-0.05, 0) is 63.6 Å². The fraction of sp³-hybridized carbons (Fsp3) is 0.611. The molecule has 22 heavy (non-hydrogen) atoms. The number of hydrogen-bond acceptors (Lipinski definition) is 2. The van der Waals surface area contributed by atoms with Gasteiger partial charge >= 0.3 is 0 Å². The minimum Gasteiger partial charge on any atom is -0.491 e. The highest BCUT2D eigenvalue weighted by atomic mass is 16.5. The summed E-state index contributed by atoms with van der Waals surface area (Å²) >= 11 is 0. The van der Waals surface area contributed by atoms with Crippen molar-refractivity contribution in [2.75, 3.05) is 19.6 Å². The van der Waals surface area contributed by atoms with Crippen LogP contribution in [0.3, 0.4) is 0 Å². The molecule has 0 unspecified atom stereocenters. The topological polar surface area (TPSA) is 45.7 Å². The smallest absolute Gasteiger partial charge is 0.191 e. The van der Waals surface area contributed by atoms with Gasteiger partial charge < -0.3 is 15.4 Å². The third-order valence-corrected chi connectivity index (χ3v) is 3.55. The molecule has 0 bridgehead atoms. The Labute approximate surface area is 134 Å². The molecule has 1 fully saturated rings. The monoisotopic (exact) mass is 303 g/mol. The Hall–Kier alpha value is -1.71.